The van der Waals surface area contributed by atoms with Gasteiger partial charge in [-0.05, 0) is 39.3 Å². The third kappa shape index (κ3) is 4.09. The van der Waals surface area contributed by atoms with Crippen molar-refractivity contribution in [2.45, 2.75) is 39.7 Å². The molecule has 1 rings (SSSR count). The largest absolute Gasteiger partial charge is 0.507 e. The minimum atomic E-state index is -0.882. The lowest BCUT2D eigenvalue weighted by atomic mass is 9.94. The number of aromatic hydroxyl groups is 1. The van der Waals surface area contributed by atoms with Crippen LogP contribution in [0.5, 0.6) is 5.75 Å². The molecule has 0 aliphatic carbocycles. The van der Waals surface area contributed by atoms with Gasteiger partial charge in [0.05, 0.1) is 5.56 Å². The van der Waals surface area contributed by atoms with E-state index in [1.807, 2.05) is 0 Å². The highest BCUT2D eigenvalue weighted by Crippen LogP contribution is 2.23. The van der Waals surface area contributed by atoms with Gasteiger partial charge < -0.3 is 9.84 Å². The number of rotatable bonds is 4. The molecule has 0 saturated carbocycles. The van der Waals surface area contributed by atoms with Gasteiger partial charge in [0.25, 0.3) is 0 Å². The Hall–Kier alpha value is -1.84. The Bertz CT molecular complexity index is 471. The molecule has 0 amide bonds. The molecule has 104 valence electrons. The quantitative estimate of drug-likeness (QED) is 0.516. The van der Waals surface area contributed by atoms with E-state index in [1.165, 1.54) is 12.1 Å². The molecule has 0 aliphatic heterocycles. The van der Waals surface area contributed by atoms with Gasteiger partial charge in [-0.15, -0.1) is 0 Å². The van der Waals surface area contributed by atoms with E-state index >= 15 is 0 Å². The van der Waals surface area contributed by atoms with Gasteiger partial charge in [0.1, 0.15) is 17.3 Å². The maximum Gasteiger partial charge on any atom is 0.317 e. The summed E-state index contributed by atoms with van der Waals surface area (Å²) in [6.07, 6.45) is 0.335. The topological polar surface area (TPSA) is 63.6 Å². The molecule has 4 heteroatoms. The molecule has 4 nitrogen and oxygen atoms in total. The first-order valence-electron chi connectivity index (χ1n) is 6.31. The average Bonchev–Trinajstić information content (AvgIpc) is 2.27. The van der Waals surface area contributed by atoms with E-state index in [0.29, 0.717) is 6.42 Å². The van der Waals surface area contributed by atoms with Crippen molar-refractivity contribution in [2.24, 2.45) is 5.92 Å². The Kier molecular flexibility index (Phi) is 4.70. The summed E-state index contributed by atoms with van der Waals surface area (Å²) in [4.78, 5) is 24.3. The fourth-order valence-electron chi connectivity index (χ4n) is 1.70. The lowest BCUT2D eigenvalue weighted by Crippen LogP contribution is -2.32. The number of phenols is 1. The molecule has 0 saturated heterocycles. The number of esters is 1. The molecule has 1 aromatic carbocycles. The fourth-order valence-corrected chi connectivity index (χ4v) is 1.70. The van der Waals surface area contributed by atoms with Crippen LogP contribution >= 0.6 is 0 Å². The maximum absolute atomic E-state index is 12.3. The van der Waals surface area contributed by atoms with Crippen molar-refractivity contribution in [2.75, 3.05) is 0 Å². The highest BCUT2D eigenvalue weighted by atomic mass is 16.6. The summed E-state index contributed by atoms with van der Waals surface area (Å²) in [5.74, 6) is -1.96. The summed E-state index contributed by atoms with van der Waals surface area (Å²) >= 11 is 0. The Morgan fingerprint density at radius 2 is 1.84 bits per heavy atom. The van der Waals surface area contributed by atoms with Crippen LogP contribution < -0.4 is 0 Å². The van der Waals surface area contributed by atoms with Crippen molar-refractivity contribution < 1.29 is 19.4 Å². The molecule has 1 aromatic rings. The molecule has 0 aliphatic rings. The zero-order chi connectivity index (χ0) is 14.6. The number of phenolic OH excluding ortho intramolecular Hbond substituents is 1. The van der Waals surface area contributed by atoms with E-state index in [-0.39, 0.29) is 11.3 Å². The molecule has 0 aromatic heterocycles. The molecule has 1 unspecified atom stereocenters. The number of hydrogen-bond acceptors (Lipinski definition) is 4. The molecular weight excluding hydrogens is 244 g/mol. The molecule has 0 heterocycles. The van der Waals surface area contributed by atoms with Crippen LogP contribution in [0.1, 0.15) is 44.5 Å². The van der Waals surface area contributed by atoms with Crippen LogP contribution in [0.4, 0.5) is 0 Å². The van der Waals surface area contributed by atoms with Gasteiger partial charge in [0.2, 0.25) is 0 Å². The number of ketones is 1. The number of benzene rings is 1. The molecule has 1 N–H and O–H groups in total. The number of Topliss-reactive ketones (excluding diaryl/α,β-unsaturated/α-hetero) is 1. The second-order valence-corrected chi connectivity index (χ2v) is 5.38. The smallest absolute Gasteiger partial charge is 0.317 e. The summed E-state index contributed by atoms with van der Waals surface area (Å²) in [5.41, 5.74) is -0.482. The van der Waals surface area contributed by atoms with Gasteiger partial charge in [-0.2, -0.15) is 0 Å². The molecule has 0 spiro atoms. The Balaban J connectivity index is 2.95. The number of ether oxygens (including phenoxy) is 1. The van der Waals surface area contributed by atoms with Crippen LogP contribution in [0.2, 0.25) is 0 Å². The van der Waals surface area contributed by atoms with Crippen LogP contribution in [-0.2, 0) is 9.53 Å². The predicted molar refractivity (Wildman–Crippen MR) is 72.1 cm³/mol. The molecule has 0 radical (unpaired) electrons. The standard InChI is InChI=1S/C15H20O4/c1-5-10(14(18)19-15(2,3)4)13(17)11-8-6-7-9-12(11)16/h6-10,16H,5H2,1-4H3. The monoisotopic (exact) mass is 264 g/mol. The summed E-state index contributed by atoms with van der Waals surface area (Å²) < 4.78 is 5.23. The number of carbonyl (C=O) groups excluding carboxylic acids is 2. The minimum absolute atomic E-state index is 0.116. The minimum Gasteiger partial charge on any atom is -0.507 e. The SMILES string of the molecule is CCC(C(=O)OC(C)(C)C)C(=O)c1ccccc1O. The van der Waals surface area contributed by atoms with E-state index in [2.05, 4.69) is 0 Å². The van der Waals surface area contributed by atoms with Crippen molar-refractivity contribution in [3.05, 3.63) is 29.8 Å². The van der Waals surface area contributed by atoms with Gasteiger partial charge in [-0.1, -0.05) is 19.1 Å². The molecule has 0 bridgehead atoms. The first kappa shape index (κ1) is 15.2. The lowest BCUT2D eigenvalue weighted by Gasteiger charge is -2.23. The van der Waals surface area contributed by atoms with Crippen LogP contribution in [0.25, 0.3) is 0 Å². The third-order valence-corrected chi connectivity index (χ3v) is 2.59. The van der Waals surface area contributed by atoms with E-state index in [1.54, 1.807) is 39.8 Å². The lowest BCUT2D eigenvalue weighted by molar-refractivity contribution is -0.158. The van der Waals surface area contributed by atoms with E-state index in [0.717, 1.165) is 0 Å². The first-order chi connectivity index (χ1) is 8.76. The number of hydrogen-bond donors (Lipinski definition) is 1. The van der Waals surface area contributed by atoms with Crippen molar-refractivity contribution in [1.29, 1.82) is 0 Å². The van der Waals surface area contributed by atoms with E-state index in [4.69, 9.17) is 4.74 Å². The van der Waals surface area contributed by atoms with Crippen LogP contribution in [0.3, 0.4) is 0 Å². The predicted octanol–water partition coefficient (Wildman–Crippen LogP) is 2.94. The third-order valence-electron chi connectivity index (χ3n) is 2.59. The molecular formula is C15H20O4. The Morgan fingerprint density at radius 3 is 2.32 bits per heavy atom. The van der Waals surface area contributed by atoms with Gasteiger partial charge in [-0.25, -0.2) is 0 Å². The summed E-state index contributed by atoms with van der Waals surface area (Å²) in [6, 6.07) is 6.20. The Labute approximate surface area is 113 Å². The van der Waals surface area contributed by atoms with Crippen LogP contribution in [0.15, 0.2) is 24.3 Å². The second-order valence-electron chi connectivity index (χ2n) is 5.38. The number of para-hydroxylation sites is 1. The molecule has 19 heavy (non-hydrogen) atoms. The van der Waals surface area contributed by atoms with Gasteiger partial charge in [0.15, 0.2) is 5.78 Å². The first-order valence-corrected chi connectivity index (χ1v) is 6.31. The van der Waals surface area contributed by atoms with E-state index < -0.39 is 23.3 Å². The zero-order valence-corrected chi connectivity index (χ0v) is 11.8. The molecule has 1 atom stereocenters. The van der Waals surface area contributed by atoms with Crippen molar-refractivity contribution >= 4 is 11.8 Å². The van der Waals surface area contributed by atoms with Crippen molar-refractivity contribution in [3.8, 4) is 5.75 Å². The fraction of sp³-hybridized carbons (Fsp3) is 0.467. The van der Waals surface area contributed by atoms with Gasteiger partial charge >= 0.3 is 5.97 Å². The summed E-state index contributed by atoms with van der Waals surface area (Å²) in [7, 11) is 0. The molecule has 0 fully saturated rings. The summed E-state index contributed by atoms with van der Waals surface area (Å²) in [5, 5.41) is 9.67. The average molecular weight is 264 g/mol. The number of carbonyl (C=O) groups is 2. The van der Waals surface area contributed by atoms with Crippen LogP contribution in [0, 0.1) is 5.92 Å². The second kappa shape index (κ2) is 5.87. The van der Waals surface area contributed by atoms with Gasteiger partial charge in [-0.3, -0.25) is 9.59 Å². The van der Waals surface area contributed by atoms with Crippen LogP contribution in [-0.4, -0.2) is 22.5 Å². The van der Waals surface area contributed by atoms with E-state index in [9.17, 15) is 14.7 Å². The van der Waals surface area contributed by atoms with Crippen molar-refractivity contribution in [1.82, 2.24) is 0 Å². The highest BCUT2D eigenvalue weighted by Gasteiger charge is 2.31. The Morgan fingerprint density at radius 1 is 1.26 bits per heavy atom. The summed E-state index contributed by atoms with van der Waals surface area (Å²) in [6.45, 7) is 7.00. The maximum atomic E-state index is 12.3. The van der Waals surface area contributed by atoms with Gasteiger partial charge in [0, 0.05) is 0 Å². The highest BCUT2D eigenvalue weighted by molar-refractivity contribution is 6.10. The normalized spacial score (nSPS) is 12.8. The van der Waals surface area contributed by atoms with Crippen molar-refractivity contribution in [3.63, 3.8) is 0 Å². The zero-order valence-electron chi connectivity index (χ0n) is 11.8.